The third-order valence-electron chi connectivity index (χ3n) is 5.41. The maximum absolute atomic E-state index is 13.1. The number of non-ortho nitro benzene ring substituents is 1. The quantitative estimate of drug-likeness (QED) is 0.184. The van der Waals surface area contributed by atoms with Gasteiger partial charge in [-0.1, -0.05) is 30.3 Å². The van der Waals surface area contributed by atoms with Crippen LogP contribution >= 0.6 is 0 Å². The highest BCUT2D eigenvalue weighted by Crippen LogP contribution is 2.40. The van der Waals surface area contributed by atoms with E-state index in [0.29, 0.717) is 10.8 Å². The van der Waals surface area contributed by atoms with Crippen molar-refractivity contribution in [2.75, 3.05) is 5.32 Å². The SMILES string of the molecule is N#Cc1cnn(-c2ncccn2)c1N=Nc1c(O)c(C(=O)Nc2cccc([N+](=O)[O-])c2)cc2ccccc12. The Morgan fingerprint density at radius 1 is 1.08 bits per heavy atom. The van der Waals surface area contributed by atoms with Gasteiger partial charge >= 0.3 is 0 Å². The van der Waals surface area contributed by atoms with Gasteiger partial charge in [0.15, 0.2) is 11.6 Å². The fourth-order valence-corrected chi connectivity index (χ4v) is 3.65. The van der Waals surface area contributed by atoms with E-state index in [0.717, 1.165) is 0 Å². The van der Waals surface area contributed by atoms with Crippen LogP contribution in [0, 0.1) is 21.4 Å². The molecule has 184 valence electrons. The molecule has 0 radical (unpaired) electrons. The van der Waals surface area contributed by atoms with Gasteiger partial charge in [-0.15, -0.1) is 10.2 Å². The maximum Gasteiger partial charge on any atom is 0.271 e. The molecule has 5 aromatic rings. The number of nitriles is 1. The molecule has 2 heterocycles. The van der Waals surface area contributed by atoms with Crippen molar-refractivity contribution in [3.63, 3.8) is 0 Å². The van der Waals surface area contributed by atoms with Crippen LogP contribution in [-0.4, -0.2) is 35.7 Å². The average Bonchev–Trinajstić information content (AvgIpc) is 3.35. The number of aromatic hydroxyl groups is 1. The van der Waals surface area contributed by atoms with Gasteiger partial charge in [-0.25, -0.2) is 9.97 Å². The minimum absolute atomic E-state index is 0.0219. The predicted octanol–water partition coefficient (Wildman–Crippen LogP) is 4.97. The molecule has 0 spiro atoms. The van der Waals surface area contributed by atoms with Crippen LogP contribution in [0.2, 0.25) is 0 Å². The van der Waals surface area contributed by atoms with Gasteiger partial charge in [0, 0.05) is 35.6 Å². The molecule has 0 unspecified atom stereocenters. The molecule has 2 N–H and O–H groups in total. The topological polar surface area (TPSA) is 185 Å². The van der Waals surface area contributed by atoms with Crippen LogP contribution in [0.4, 0.5) is 22.9 Å². The number of phenolic OH excluding ortho intramolecular Hbond substituents is 1. The van der Waals surface area contributed by atoms with E-state index in [-0.39, 0.29) is 40.0 Å². The standard InChI is InChI=1S/C25H15N9O4/c26-13-16-14-29-33(25-27-9-4-10-28-25)23(16)32-31-21-19-8-2-1-5-15(19)11-20(22(21)35)24(36)30-17-6-3-7-18(12-17)34(37)38/h1-12,14,35H,(H,30,36). The first-order valence-electron chi connectivity index (χ1n) is 10.9. The predicted molar refractivity (Wildman–Crippen MR) is 135 cm³/mol. The van der Waals surface area contributed by atoms with Crippen molar-refractivity contribution < 1.29 is 14.8 Å². The Labute approximate surface area is 213 Å². The van der Waals surface area contributed by atoms with Crippen molar-refractivity contribution in [2.45, 2.75) is 0 Å². The second-order valence-electron chi connectivity index (χ2n) is 7.76. The number of carbonyl (C=O) groups is 1. The molecule has 0 fully saturated rings. The van der Waals surface area contributed by atoms with E-state index in [2.05, 4.69) is 30.6 Å². The Bertz CT molecular complexity index is 1780. The first kappa shape index (κ1) is 23.7. The Hall–Kier alpha value is -6.03. The number of azo groups is 1. The van der Waals surface area contributed by atoms with Gasteiger partial charge < -0.3 is 10.4 Å². The Morgan fingerprint density at radius 3 is 2.63 bits per heavy atom. The van der Waals surface area contributed by atoms with E-state index in [4.69, 9.17) is 0 Å². The fourth-order valence-electron chi connectivity index (χ4n) is 3.65. The van der Waals surface area contributed by atoms with Crippen LogP contribution in [0.25, 0.3) is 16.7 Å². The lowest BCUT2D eigenvalue weighted by atomic mass is 10.0. The third kappa shape index (κ3) is 4.48. The van der Waals surface area contributed by atoms with Gasteiger partial charge in [0.25, 0.3) is 17.5 Å². The van der Waals surface area contributed by atoms with Crippen LogP contribution in [0.5, 0.6) is 5.75 Å². The molecular weight excluding hydrogens is 490 g/mol. The maximum atomic E-state index is 13.1. The summed E-state index contributed by atoms with van der Waals surface area (Å²) in [5, 5.41) is 47.8. The molecule has 1 amide bonds. The first-order chi connectivity index (χ1) is 18.5. The van der Waals surface area contributed by atoms with Crippen LogP contribution < -0.4 is 5.32 Å². The Balaban J connectivity index is 1.59. The molecule has 0 aliphatic heterocycles. The lowest BCUT2D eigenvalue weighted by Gasteiger charge is -2.11. The van der Waals surface area contributed by atoms with Gasteiger partial charge in [-0.2, -0.15) is 15.0 Å². The number of nitrogens with one attached hydrogen (secondary N) is 1. The van der Waals surface area contributed by atoms with Crippen molar-refractivity contribution in [3.8, 4) is 17.8 Å². The summed E-state index contributed by atoms with van der Waals surface area (Å²) in [6.45, 7) is 0. The minimum Gasteiger partial charge on any atom is -0.505 e. The molecular formula is C25H15N9O4. The molecule has 38 heavy (non-hydrogen) atoms. The highest BCUT2D eigenvalue weighted by Gasteiger charge is 2.20. The lowest BCUT2D eigenvalue weighted by molar-refractivity contribution is -0.384. The molecule has 3 aromatic carbocycles. The zero-order chi connectivity index (χ0) is 26.6. The molecule has 0 atom stereocenters. The van der Waals surface area contributed by atoms with Crippen LogP contribution in [-0.2, 0) is 0 Å². The number of anilines is 1. The van der Waals surface area contributed by atoms with E-state index >= 15 is 0 Å². The second-order valence-corrected chi connectivity index (χ2v) is 7.76. The molecule has 0 aliphatic rings. The molecule has 13 heteroatoms. The summed E-state index contributed by atoms with van der Waals surface area (Å²) >= 11 is 0. The molecule has 13 nitrogen and oxygen atoms in total. The van der Waals surface area contributed by atoms with Crippen molar-refractivity contribution in [1.82, 2.24) is 19.7 Å². The summed E-state index contributed by atoms with van der Waals surface area (Å²) in [4.78, 5) is 31.8. The Morgan fingerprint density at radius 2 is 1.87 bits per heavy atom. The molecule has 0 aliphatic carbocycles. The second kappa shape index (κ2) is 9.91. The normalized spacial score (nSPS) is 10.9. The summed E-state index contributed by atoms with van der Waals surface area (Å²) in [5.41, 5.74) is -0.107. The first-order valence-corrected chi connectivity index (χ1v) is 10.9. The number of benzene rings is 3. The van der Waals surface area contributed by atoms with Crippen molar-refractivity contribution in [3.05, 3.63) is 100 Å². The van der Waals surface area contributed by atoms with Gasteiger partial charge in [-0.3, -0.25) is 14.9 Å². The van der Waals surface area contributed by atoms with Crippen molar-refractivity contribution in [2.24, 2.45) is 10.2 Å². The summed E-state index contributed by atoms with van der Waals surface area (Å²) in [7, 11) is 0. The summed E-state index contributed by atoms with van der Waals surface area (Å²) < 4.78 is 1.22. The number of hydrogen-bond acceptors (Lipinski definition) is 10. The van der Waals surface area contributed by atoms with E-state index in [1.165, 1.54) is 53.6 Å². The number of nitro benzene ring substituents is 1. The van der Waals surface area contributed by atoms with Gasteiger partial charge in [0.2, 0.25) is 0 Å². The number of rotatable bonds is 6. The summed E-state index contributed by atoms with van der Waals surface area (Å²) in [6.07, 6.45) is 4.28. The van der Waals surface area contributed by atoms with E-state index in [1.807, 2.05) is 6.07 Å². The van der Waals surface area contributed by atoms with Crippen LogP contribution in [0.15, 0.2) is 89.5 Å². The van der Waals surface area contributed by atoms with Crippen molar-refractivity contribution in [1.29, 1.82) is 5.26 Å². The molecule has 0 saturated heterocycles. The fraction of sp³-hybridized carbons (Fsp3) is 0. The number of nitrogens with zero attached hydrogens (tertiary/aromatic N) is 8. The van der Waals surface area contributed by atoms with Gasteiger partial charge in [-0.05, 0) is 23.6 Å². The largest absolute Gasteiger partial charge is 0.505 e. The summed E-state index contributed by atoms with van der Waals surface area (Å²) in [6, 6.07) is 17.4. The minimum atomic E-state index is -0.717. The van der Waals surface area contributed by atoms with E-state index < -0.39 is 16.6 Å². The Kier molecular flexibility index (Phi) is 6.18. The van der Waals surface area contributed by atoms with Crippen LogP contribution in [0.3, 0.4) is 0 Å². The van der Waals surface area contributed by atoms with E-state index in [1.54, 1.807) is 30.3 Å². The zero-order valence-corrected chi connectivity index (χ0v) is 19.3. The lowest BCUT2D eigenvalue weighted by Crippen LogP contribution is -2.12. The van der Waals surface area contributed by atoms with Gasteiger partial charge in [0.05, 0.1) is 16.7 Å². The number of nitro groups is 1. The third-order valence-corrected chi connectivity index (χ3v) is 5.41. The number of fused-ring (bicyclic) bond motifs is 1. The average molecular weight is 505 g/mol. The van der Waals surface area contributed by atoms with E-state index in [9.17, 15) is 25.3 Å². The van der Waals surface area contributed by atoms with Crippen molar-refractivity contribution >= 4 is 39.6 Å². The highest BCUT2D eigenvalue weighted by molar-refractivity contribution is 6.11. The number of hydrogen-bond donors (Lipinski definition) is 2. The number of aromatic nitrogens is 4. The van der Waals surface area contributed by atoms with Gasteiger partial charge in [0.1, 0.15) is 17.3 Å². The number of phenols is 1. The smallest absolute Gasteiger partial charge is 0.271 e. The zero-order valence-electron chi connectivity index (χ0n) is 19.3. The van der Waals surface area contributed by atoms with Crippen LogP contribution in [0.1, 0.15) is 15.9 Å². The molecule has 0 bridgehead atoms. The highest BCUT2D eigenvalue weighted by atomic mass is 16.6. The molecule has 5 rings (SSSR count). The number of amides is 1. The monoisotopic (exact) mass is 505 g/mol. The molecule has 0 saturated carbocycles. The number of carbonyl (C=O) groups excluding carboxylic acids is 1. The summed E-state index contributed by atoms with van der Waals surface area (Å²) in [5.74, 6) is -1.02. The molecule has 2 aromatic heterocycles.